The molecule has 0 bridgehead atoms. The summed E-state index contributed by atoms with van der Waals surface area (Å²) in [4.78, 5) is 37.1. The number of amides is 2. The number of aliphatic hydroxyl groups excluding tert-OH is 1. The van der Waals surface area contributed by atoms with Crippen molar-refractivity contribution in [3.05, 3.63) is 61.2 Å². The molecule has 0 aliphatic heterocycles. The monoisotopic (exact) mass is 430 g/mol. The predicted molar refractivity (Wildman–Crippen MR) is 120 cm³/mol. The number of allylic oxidation sites excluding steroid dienone is 2. The van der Waals surface area contributed by atoms with Crippen LogP contribution in [0, 0.1) is 5.92 Å². The zero-order valence-electron chi connectivity index (χ0n) is 18.2. The zero-order valence-corrected chi connectivity index (χ0v) is 18.2. The Bertz CT molecular complexity index is 720. The average Bonchev–Trinajstić information content (AvgIpc) is 2.76. The van der Waals surface area contributed by atoms with Gasteiger partial charge in [-0.3, -0.25) is 14.4 Å². The number of ether oxygens (including phenoxy) is 1. The van der Waals surface area contributed by atoms with Crippen molar-refractivity contribution < 1.29 is 24.2 Å². The molecule has 0 aliphatic carbocycles. The number of esters is 1. The van der Waals surface area contributed by atoms with Crippen molar-refractivity contribution >= 4 is 17.8 Å². The molecule has 1 aromatic rings. The summed E-state index contributed by atoms with van der Waals surface area (Å²) in [6.07, 6.45) is 5.29. The predicted octanol–water partition coefficient (Wildman–Crippen LogP) is 2.82. The van der Waals surface area contributed by atoms with Crippen molar-refractivity contribution in [2.24, 2.45) is 5.92 Å². The second-order valence-corrected chi connectivity index (χ2v) is 7.41. The molecule has 0 saturated carbocycles. The molecule has 1 aromatic carbocycles. The van der Waals surface area contributed by atoms with E-state index in [1.54, 1.807) is 19.1 Å². The van der Waals surface area contributed by atoms with Gasteiger partial charge in [-0.1, -0.05) is 42.5 Å². The summed E-state index contributed by atoms with van der Waals surface area (Å²) in [6.45, 7) is 8.79. The Morgan fingerprint density at radius 2 is 1.84 bits per heavy atom. The van der Waals surface area contributed by atoms with Gasteiger partial charge in [-0.15, -0.1) is 13.2 Å². The molecule has 7 heteroatoms. The first-order valence-corrected chi connectivity index (χ1v) is 10.5. The van der Waals surface area contributed by atoms with Crippen molar-refractivity contribution in [3.63, 3.8) is 0 Å². The number of carbonyl (C=O) groups is 3. The Kier molecular flexibility index (Phi) is 12.6. The van der Waals surface area contributed by atoms with E-state index < -0.39 is 18.0 Å². The number of aliphatic hydroxyl groups is 1. The molecule has 0 aromatic heterocycles. The summed E-state index contributed by atoms with van der Waals surface area (Å²) in [5.74, 6) is -1.62. The molecular weight excluding hydrogens is 396 g/mol. The number of hydrogen-bond acceptors (Lipinski definition) is 5. The lowest BCUT2D eigenvalue weighted by Crippen LogP contribution is -2.40. The lowest BCUT2D eigenvalue weighted by atomic mass is 9.98. The van der Waals surface area contributed by atoms with Crippen molar-refractivity contribution in [1.29, 1.82) is 0 Å². The molecule has 3 N–H and O–H groups in total. The minimum Gasteiger partial charge on any atom is -0.463 e. The van der Waals surface area contributed by atoms with Gasteiger partial charge in [0, 0.05) is 18.9 Å². The second-order valence-electron chi connectivity index (χ2n) is 7.41. The van der Waals surface area contributed by atoms with E-state index in [2.05, 4.69) is 23.8 Å². The highest BCUT2D eigenvalue weighted by Crippen LogP contribution is 2.17. The maximum atomic E-state index is 12.9. The number of nitrogens with one attached hydrogen (secondary N) is 2. The van der Waals surface area contributed by atoms with Gasteiger partial charge in [0.25, 0.3) is 0 Å². The SMILES string of the molecule is C=CCCCC(=O)OC[C@H](NC(=O)[C@H](CC=C)CC(=O)N[C@H](C)CO)c1ccccc1. The molecule has 7 nitrogen and oxygen atoms in total. The minimum atomic E-state index is -0.627. The minimum absolute atomic E-state index is 0.00275. The fourth-order valence-corrected chi connectivity index (χ4v) is 2.92. The van der Waals surface area contributed by atoms with Gasteiger partial charge in [0.2, 0.25) is 11.8 Å². The van der Waals surface area contributed by atoms with Crippen LogP contribution in [0.15, 0.2) is 55.6 Å². The molecule has 0 saturated heterocycles. The lowest BCUT2D eigenvalue weighted by Gasteiger charge is -2.23. The quantitative estimate of drug-likeness (QED) is 0.225. The van der Waals surface area contributed by atoms with Gasteiger partial charge in [-0.05, 0) is 31.7 Å². The van der Waals surface area contributed by atoms with Crippen LogP contribution < -0.4 is 10.6 Å². The zero-order chi connectivity index (χ0) is 23.1. The topological polar surface area (TPSA) is 105 Å². The van der Waals surface area contributed by atoms with Gasteiger partial charge in [0.1, 0.15) is 6.61 Å². The Hall–Kier alpha value is -2.93. The van der Waals surface area contributed by atoms with Gasteiger partial charge >= 0.3 is 5.97 Å². The molecule has 0 fully saturated rings. The van der Waals surface area contributed by atoms with Gasteiger partial charge in [-0.25, -0.2) is 0 Å². The van der Waals surface area contributed by atoms with Gasteiger partial charge in [0.15, 0.2) is 0 Å². The highest BCUT2D eigenvalue weighted by atomic mass is 16.5. The highest BCUT2D eigenvalue weighted by Gasteiger charge is 2.25. The molecule has 170 valence electrons. The summed E-state index contributed by atoms with van der Waals surface area (Å²) in [7, 11) is 0. The third kappa shape index (κ3) is 10.6. The smallest absolute Gasteiger partial charge is 0.305 e. The van der Waals surface area contributed by atoms with Crippen LogP contribution in [0.3, 0.4) is 0 Å². The van der Waals surface area contributed by atoms with Crippen molar-refractivity contribution in [3.8, 4) is 0 Å². The highest BCUT2D eigenvalue weighted by molar-refractivity contribution is 5.86. The first-order valence-electron chi connectivity index (χ1n) is 10.5. The first kappa shape index (κ1) is 26.1. The summed E-state index contributed by atoms with van der Waals surface area (Å²) in [5, 5.41) is 14.6. The molecule has 1 rings (SSSR count). The van der Waals surface area contributed by atoms with Crippen molar-refractivity contribution in [1.82, 2.24) is 10.6 Å². The van der Waals surface area contributed by atoms with E-state index in [0.29, 0.717) is 12.8 Å². The maximum absolute atomic E-state index is 12.9. The number of rotatable bonds is 15. The van der Waals surface area contributed by atoms with Crippen molar-refractivity contribution in [2.75, 3.05) is 13.2 Å². The van der Waals surface area contributed by atoms with Crippen LogP contribution in [-0.4, -0.2) is 42.1 Å². The summed E-state index contributed by atoms with van der Waals surface area (Å²) in [6, 6.07) is 8.29. The van der Waals surface area contributed by atoms with Crippen LogP contribution in [0.25, 0.3) is 0 Å². The third-order valence-corrected chi connectivity index (χ3v) is 4.65. The Labute approximate surface area is 184 Å². The Morgan fingerprint density at radius 3 is 2.45 bits per heavy atom. The first-order chi connectivity index (χ1) is 14.9. The Balaban J connectivity index is 2.81. The summed E-state index contributed by atoms with van der Waals surface area (Å²) in [5.41, 5.74) is 0.797. The molecule has 0 spiro atoms. The molecule has 0 aliphatic rings. The van der Waals surface area contributed by atoms with Crippen LogP contribution in [0.1, 0.15) is 50.6 Å². The van der Waals surface area contributed by atoms with Crippen LogP contribution in [0.5, 0.6) is 0 Å². The normalized spacial score (nSPS) is 13.4. The molecule has 0 heterocycles. The van der Waals surface area contributed by atoms with E-state index in [0.717, 1.165) is 12.0 Å². The molecule has 31 heavy (non-hydrogen) atoms. The van der Waals surface area contributed by atoms with Gasteiger partial charge in [-0.2, -0.15) is 0 Å². The van der Waals surface area contributed by atoms with E-state index in [1.807, 2.05) is 30.3 Å². The number of unbranched alkanes of at least 4 members (excludes halogenated alkanes) is 1. The van der Waals surface area contributed by atoms with Gasteiger partial charge < -0.3 is 20.5 Å². The van der Waals surface area contributed by atoms with Crippen LogP contribution in [-0.2, 0) is 19.1 Å². The maximum Gasteiger partial charge on any atom is 0.305 e. The number of benzene rings is 1. The van der Waals surface area contributed by atoms with Crippen molar-refractivity contribution in [2.45, 2.75) is 51.1 Å². The summed E-state index contributed by atoms with van der Waals surface area (Å²) < 4.78 is 5.38. The third-order valence-electron chi connectivity index (χ3n) is 4.65. The molecule has 0 unspecified atom stereocenters. The summed E-state index contributed by atoms with van der Waals surface area (Å²) >= 11 is 0. The second kappa shape index (κ2) is 15.0. The van der Waals surface area contributed by atoms with E-state index in [9.17, 15) is 14.4 Å². The van der Waals surface area contributed by atoms with Crippen LogP contribution in [0.4, 0.5) is 0 Å². The lowest BCUT2D eigenvalue weighted by molar-refractivity contribution is -0.145. The largest absolute Gasteiger partial charge is 0.463 e. The van der Waals surface area contributed by atoms with E-state index in [-0.39, 0.29) is 43.8 Å². The fraction of sp³-hybridized carbons (Fsp3) is 0.458. The van der Waals surface area contributed by atoms with E-state index >= 15 is 0 Å². The standard InChI is InChI=1S/C24H34N2O5/c1-4-6-8-14-23(29)31-17-21(19-12-9-7-10-13-19)26-24(30)20(11-5-2)15-22(28)25-18(3)16-27/h4-5,7,9-10,12-13,18,20-21,27H,1-2,6,8,11,14-17H2,3H3,(H,25,28)(H,26,30)/t18-,20-,21+/m1/s1. The van der Waals surface area contributed by atoms with E-state index in [1.165, 1.54) is 0 Å². The van der Waals surface area contributed by atoms with Gasteiger partial charge in [0.05, 0.1) is 18.6 Å². The fourth-order valence-electron chi connectivity index (χ4n) is 2.92. The van der Waals surface area contributed by atoms with E-state index in [4.69, 9.17) is 9.84 Å². The van der Waals surface area contributed by atoms with Crippen LogP contribution in [0.2, 0.25) is 0 Å². The molecule has 3 atom stereocenters. The Morgan fingerprint density at radius 1 is 1.13 bits per heavy atom. The molecule has 0 radical (unpaired) electrons. The molecule has 2 amide bonds. The van der Waals surface area contributed by atoms with Crippen LogP contribution >= 0.6 is 0 Å². The number of hydrogen-bond donors (Lipinski definition) is 3. The average molecular weight is 431 g/mol. The number of carbonyl (C=O) groups excluding carboxylic acids is 3. The molecular formula is C24H34N2O5.